The second-order valence-corrected chi connectivity index (χ2v) is 5.44. The third kappa shape index (κ3) is 4.06. The molecule has 0 bridgehead atoms. The van der Waals surface area contributed by atoms with Gasteiger partial charge in [0.1, 0.15) is 5.56 Å². The number of amides is 1. The Hall–Kier alpha value is -2.44. The van der Waals surface area contributed by atoms with Crippen LogP contribution in [0.15, 0.2) is 42.5 Å². The number of nitrogens with zero attached hydrogens (tertiary/aromatic N) is 1. The van der Waals surface area contributed by atoms with Crippen LogP contribution in [-0.2, 0) is 0 Å². The van der Waals surface area contributed by atoms with Crippen LogP contribution >= 0.6 is 11.6 Å². The topological polar surface area (TPSA) is 92.5 Å². The number of carbonyl (C=O) groups excluding carboxylic acids is 1. The van der Waals surface area contributed by atoms with E-state index >= 15 is 0 Å². The molecule has 0 radical (unpaired) electrons. The van der Waals surface area contributed by atoms with Gasteiger partial charge in [-0.25, -0.2) is 0 Å². The molecule has 0 saturated carbocycles. The minimum atomic E-state index is -0.904. The van der Waals surface area contributed by atoms with Crippen molar-refractivity contribution in [1.82, 2.24) is 5.32 Å². The molecule has 0 aliphatic heterocycles. The van der Waals surface area contributed by atoms with Crippen molar-refractivity contribution in [2.45, 2.75) is 13.0 Å². The summed E-state index contributed by atoms with van der Waals surface area (Å²) in [5.41, 5.74) is 1.10. The highest BCUT2D eigenvalue weighted by Crippen LogP contribution is 2.23. The Labute approximate surface area is 137 Å². The molecule has 0 heterocycles. The normalized spacial score (nSPS) is 11.8. The largest absolute Gasteiger partial charge is 0.387 e. The van der Waals surface area contributed by atoms with Gasteiger partial charge in [0, 0.05) is 17.6 Å². The number of nitrogens with one attached hydrogen (secondary N) is 1. The zero-order valence-corrected chi connectivity index (χ0v) is 13.1. The molecule has 2 rings (SSSR count). The molecule has 0 spiro atoms. The quantitative estimate of drug-likeness (QED) is 0.649. The van der Waals surface area contributed by atoms with Gasteiger partial charge in [-0.1, -0.05) is 35.9 Å². The summed E-state index contributed by atoms with van der Waals surface area (Å²) >= 11 is 5.79. The molecule has 0 saturated heterocycles. The molecule has 6 nitrogen and oxygen atoms in total. The summed E-state index contributed by atoms with van der Waals surface area (Å²) in [6, 6.07) is 11.0. The fourth-order valence-electron chi connectivity index (χ4n) is 2.20. The Morgan fingerprint density at radius 3 is 2.70 bits per heavy atom. The molecule has 1 atom stereocenters. The van der Waals surface area contributed by atoms with Crippen LogP contribution in [0.4, 0.5) is 5.69 Å². The number of aryl methyl sites for hydroxylation is 1. The number of aliphatic hydroxyl groups excluding tert-OH is 1. The van der Waals surface area contributed by atoms with Crippen molar-refractivity contribution in [1.29, 1.82) is 0 Å². The number of nitro benzene ring substituents is 1. The first-order valence-corrected chi connectivity index (χ1v) is 7.23. The fourth-order valence-corrected chi connectivity index (χ4v) is 2.38. The summed E-state index contributed by atoms with van der Waals surface area (Å²) in [5, 5.41) is 23.8. The Kier molecular flexibility index (Phi) is 5.31. The van der Waals surface area contributed by atoms with Gasteiger partial charge < -0.3 is 10.4 Å². The Bertz CT molecular complexity index is 749. The predicted octanol–water partition coefficient (Wildman–Crippen LogP) is 3.02. The molecular weight excluding hydrogens is 320 g/mol. The lowest BCUT2D eigenvalue weighted by Gasteiger charge is -2.14. The molecule has 0 aromatic heterocycles. The summed E-state index contributed by atoms with van der Waals surface area (Å²) in [6.07, 6.45) is -0.904. The molecule has 7 heteroatoms. The number of hydrogen-bond donors (Lipinski definition) is 2. The molecule has 23 heavy (non-hydrogen) atoms. The summed E-state index contributed by atoms with van der Waals surface area (Å²) in [7, 11) is 0. The van der Waals surface area contributed by atoms with E-state index in [2.05, 4.69) is 5.32 Å². The minimum Gasteiger partial charge on any atom is -0.387 e. The maximum atomic E-state index is 12.2. The predicted molar refractivity (Wildman–Crippen MR) is 86.6 cm³/mol. The van der Waals surface area contributed by atoms with E-state index in [0.29, 0.717) is 5.56 Å². The van der Waals surface area contributed by atoms with Crippen LogP contribution in [-0.4, -0.2) is 22.5 Å². The van der Waals surface area contributed by atoms with Gasteiger partial charge in [-0.2, -0.15) is 0 Å². The van der Waals surface area contributed by atoms with E-state index in [1.165, 1.54) is 18.2 Å². The average molecular weight is 335 g/mol. The number of benzene rings is 2. The van der Waals surface area contributed by atoms with Gasteiger partial charge in [0.05, 0.1) is 11.0 Å². The van der Waals surface area contributed by atoms with Crippen LogP contribution in [0.2, 0.25) is 5.02 Å². The van der Waals surface area contributed by atoms with Crippen LogP contribution in [0.3, 0.4) is 0 Å². The number of rotatable bonds is 5. The van der Waals surface area contributed by atoms with E-state index in [-0.39, 0.29) is 22.8 Å². The molecule has 0 fully saturated rings. The molecule has 2 N–H and O–H groups in total. The van der Waals surface area contributed by atoms with E-state index in [0.717, 1.165) is 5.56 Å². The van der Waals surface area contributed by atoms with Gasteiger partial charge in [0.25, 0.3) is 11.6 Å². The standard InChI is InChI=1S/C16H15ClN2O4/c1-10-4-2-3-5-12(10)15(20)9-18-16(21)13-8-11(17)6-7-14(13)19(22)23/h2-8,15,20H,9H2,1H3,(H,18,21). The van der Waals surface area contributed by atoms with Crippen LogP contribution in [0.5, 0.6) is 0 Å². The van der Waals surface area contributed by atoms with E-state index in [9.17, 15) is 20.0 Å². The van der Waals surface area contributed by atoms with Gasteiger partial charge in [-0.05, 0) is 30.2 Å². The van der Waals surface area contributed by atoms with Crippen molar-refractivity contribution in [3.8, 4) is 0 Å². The smallest absolute Gasteiger partial charge is 0.282 e. The fraction of sp³-hybridized carbons (Fsp3) is 0.188. The second-order valence-electron chi connectivity index (χ2n) is 5.00. The van der Waals surface area contributed by atoms with Gasteiger partial charge in [0.2, 0.25) is 0 Å². The average Bonchev–Trinajstić information content (AvgIpc) is 2.52. The molecule has 2 aromatic carbocycles. The molecule has 1 amide bonds. The molecule has 0 aliphatic carbocycles. The molecule has 1 unspecified atom stereocenters. The van der Waals surface area contributed by atoms with Crippen molar-refractivity contribution in [3.05, 3.63) is 74.3 Å². The van der Waals surface area contributed by atoms with Crippen LogP contribution in [0, 0.1) is 17.0 Å². The van der Waals surface area contributed by atoms with Gasteiger partial charge in [-0.15, -0.1) is 0 Å². The minimum absolute atomic E-state index is 0.0621. The van der Waals surface area contributed by atoms with Crippen molar-refractivity contribution in [2.24, 2.45) is 0 Å². The van der Waals surface area contributed by atoms with Crippen molar-refractivity contribution >= 4 is 23.2 Å². The third-order valence-electron chi connectivity index (χ3n) is 3.40. The first kappa shape index (κ1) is 16.9. The first-order valence-electron chi connectivity index (χ1n) is 6.86. The van der Waals surface area contributed by atoms with E-state index in [4.69, 9.17) is 11.6 Å². The zero-order valence-electron chi connectivity index (χ0n) is 12.3. The van der Waals surface area contributed by atoms with E-state index < -0.39 is 16.9 Å². The number of carbonyl (C=O) groups is 1. The van der Waals surface area contributed by atoms with Gasteiger partial charge >= 0.3 is 0 Å². The maximum absolute atomic E-state index is 12.2. The highest BCUT2D eigenvalue weighted by Gasteiger charge is 2.21. The van der Waals surface area contributed by atoms with Crippen LogP contribution in [0.1, 0.15) is 27.6 Å². The third-order valence-corrected chi connectivity index (χ3v) is 3.64. The van der Waals surface area contributed by atoms with Crippen LogP contribution < -0.4 is 5.32 Å². The SMILES string of the molecule is Cc1ccccc1C(O)CNC(=O)c1cc(Cl)ccc1[N+](=O)[O-]. The summed E-state index contributed by atoms with van der Waals surface area (Å²) in [6.45, 7) is 1.79. The molecule has 0 aliphatic rings. The lowest BCUT2D eigenvalue weighted by atomic mass is 10.0. The lowest BCUT2D eigenvalue weighted by molar-refractivity contribution is -0.385. The van der Waals surface area contributed by atoms with Gasteiger partial charge in [0.15, 0.2) is 0 Å². The highest BCUT2D eigenvalue weighted by molar-refractivity contribution is 6.31. The van der Waals surface area contributed by atoms with Crippen molar-refractivity contribution in [2.75, 3.05) is 6.54 Å². The number of nitro groups is 1. The summed E-state index contributed by atoms with van der Waals surface area (Å²) in [5.74, 6) is -0.660. The number of hydrogen-bond acceptors (Lipinski definition) is 4. The zero-order chi connectivity index (χ0) is 17.0. The Morgan fingerprint density at radius 1 is 1.35 bits per heavy atom. The monoisotopic (exact) mass is 334 g/mol. The molecular formula is C16H15ClN2O4. The molecule has 2 aromatic rings. The van der Waals surface area contributed by atoms with Gasteiger partial charge in [-0.3, -0.25) is 14.9 Å². The highest BCUT2D eigenvalue weighted by atomic mass is 35.5. The summed E-state index contributed by atoms with van der Waals surface area (Å²) in [4.78, 5) is 22.5. The lowest BCUT2D eigenvalue weighted by Crippen LogP contribution is -2.29. The first-order chi connectivity index (χ1) is 10.9. The van der Waals surface area contributed by atoms with Crippen molar-refractivity contribution < 1.29 is 14.8 Å². The van der Waals surface area contributed by atoms with Crippen LogP contribution in [0.25, 0.3) is 0 Å². The van der Waals surface area contributed by atoms with Crippen molar-refractivity contribution in [3.63, 3.8) is 0 Å². The Morgan fingerprint density at radius 2 is 2.04 bits per heavy atom. The van der Waals surface area contributed by atoms with E-state index in [1.54, 1.807) is 12.1 Å². The Balaban J connectivity index is 2.13. The maximum Gasteiger partial charge on any atom is 0.282 e. The summed E-state index contributed by atoms with van der Waals surface area (Å²) < 4.78 is 0. The molecule has 120 valence electrons. The number of halogens is 1. The van der Waals surface area contributed by atoms with E-state index in [1.807, 2.05) is 19.1 Å². The number of aliphatic hydroxyl groups is 1. The second kappa shape index (κ2) is 7.21.